The van der Waals surface area contributed by atoms with Crippen LogP contribution in [0.1, 0.15) is 0 Å². The van der Waals surface area contributed by atoms with Crippen molar-refractivity contribution in [2.45, 2.75) is 0 Å². The van der Waals surface area contributed by atoms with Crippen molar-refractivity contribution in [3.05, 3.63) is 34.9 Å². The van der Waals surface area contributed by atoms with E-state index in [1.807, 2.05) is 4.90 Å². The molecule has 0 bridgehead atoms. The Morgan fingerprint density at radius 3 is 2.55 bits per heavy atom. The lowest BCUT2D eigenvalue weighted by atomic mass is 10.1. The van der Waals surface area contributed by atoms with Gasteiger partial charge in [0.25, 0.3) is 5.56 Å². The summed E-state index contributed by atoms with van der Waals surface area (Å²) >= 11 is 0. The van der Waals surface area contributed by atoms with Gasteiger partial charge in [0.15, 0.2) is 0 Å². The first kappa shape index (κ1) is 12.6. The molecule has 20 heavy (non-hydrogen) atoms. The average molecular weight is 272 g/mol. The summed E-state index contributed by atoms with van der Waals surface area (Å²) in [6.07, 6.45) is 3.25. The third-order valence-corrected chi connectivity index (χ3v) is 3.32. The fourth-order valence-corrected chi connectivity index (χ4v) is 2.30. The predicted octanol–water partition coefficient (Wildman–Crippen LogP) is -0.176. The largest absolute Gasteiger partial charge is 0.383 e. The fraction of sp³-hybridized carbons (Fsp3) is 0.308. The van der Waals surface area contributed by atoms with Gasteiger partial charge in [-0.3, -0.25) is 14.8 Å². The minimum atomic E-state index is -0.225. The number of nitrogens with zero attached hydrogens (tertiary/aromatic N) is 3. The SMILES string of the molecule is Nc1nc(N2CCNCC2)[nH]c(=O)c1-c1ccncc1. The molecule has 0 atom stereocenters. The molecular weight excluding hydrogens is 256 g/mol. The molecule has 1 saturated heterocycles. The highest BCUT2D eigenvalue weighted by atomic mass is 16.1. The number of anilines is 2. The Morgan fingerprint density at radius 1 is 1.20 bits per heavy atom. The minimum Gasteiger partial charge on any atom is -0.383 e. The molecule has 0 radical (unpaired) electrons. The topological polar surface area (TPSA) is 99.9 Å². The molecule has 104 valence electrons. The molecule has 4 N–H and O–H groups in total. The first-order valence-electron chi connectivity index (χ1n) is 6.51. The molecule has 0 aromatic carbocycles. The highest BCUT2D eigenvalue weighted by Gasteiger charge is 2.16. The van der Waals surface area contributed by atoms with Crippen LogP contribution in [-0.4, -0.2) is 41.1 Å². The summed E-state index contributed by atoms with van der Waals surface area (Å²) in [7, 11) is 0. The van der Waals surface area contributed by atoms with Gasteiger partial charge in [-0.15, -0.1) is 0 Å². The molecular formula is C13H16N6O. The number of nitrogen functional groups attached to an aromatic ring is 1. The molecule has 0 saturated carbocycles. The number of aromatic nitrogens is 3. The minimum absolute atomic E-state index is 0.225. The van der Waals surface area contributed by atoms with Crippen molar-refractivity contribution >= 4 is 11.8 Å². The monoisotopic (exact) mass is 272 g/mol. The summed E-state index contributed by atoms with van der Waals surface area (Å²) in [5.41, 5.74) is 6.86. The second kappa shape index (κ2) is 5.30. The molecule has 1 aliphatic heterocycles. The van der Waals surface area contributed by atoms with E-state index in [1.165, 1.54) is 0 Å². The van der Waals surface area contributed by atoms with Gasteiger partial charge in [0.2, 0.25) is 5.95 Å². The van der Waals surface area contributed by atoms with Crippen LogP contribution in [0.3, 0.4) is 0 Å². The summed E-state index contributed by atoms with van der Waals surface area (Å²) in [5, 5.41) is 3.25. The molecule has 3 rings (SSSR count). The summed E-state index contributed by atoms with van der Waals surface area (Å²) in [4.78, 5) is 25.4. The van der Waals surface area contributed by atoms with E-state index in [1.54, 1.807) is 24.5 Å². The van der Waals surface area contributed by atoms with Gasteiger partial charge in [0, 0.05) is 38.6 Å². The number of nitrogens with one attached hydrogen (secondary N) is 2. The van der Waals surface area contributed by atoms with Crippen molar-refractivity contribution in [3.63, 3.8) is 0 Å². The van der Waals surface area contributed by atoms with E-state index in [0.717, 1.165) is 31.7 Å². The van der Waals surface area contributed by atoms with E-state index in [-0.39, 0.29) is 11.4 Å². The Kier molecular flexibility index (Phi) is 3.34. The van der Waals surface area contributed by atoms with Crippen LogP contribution < -0.4 is 21.5 Å². The Morgan fingerprint density at radius 2 is 1.90 bits per heavy atom. The maximum atomic E-state index is 12.3. The maximum absolute atomic E-state index is 12.3. The number of hydrogen-bond acceptors (Lipinski definition) is 6. The zero-order chi connectivity index (χ0) is 13.9. The molecule has 0 spiro atoms. The lowest BCUT2D eigenvalue weighted by Crippen LogP contribution is -2.44. The van der Waals surface area contributed by atoms with Crippen LogP contribution in [-0.2, 0) is 0 Å². The van der Waals surface area contributed by atoms with Crippen molar-refractivity contribution in [2.24, 2.45) is 0 Å². The maximum Gasteiger partial charge on any atom is 0.262 e. The zero-order valence-corrected chi connectivity index (χ0v) is 11.0. The lowest BCUT2D eigenvalue weighted by molar-refractivity contribution is 0.579. The second-order valence-electron chi connectivity index (χ2n) is 4.62. The lowest BCUT2D eigenvalue weighted by Gasteiger charge is -2.28. The molecule has 1 fully saturated rings. The standard InChI is InChI=1S/C13H16N6O/c14-11-10(9-1-3-15-4-2-9)12(20)18-13(17-11)19-7-5-16-6-8-19/h1-4,16H,5-8H2,(H3,14,17,18,20). The van der Waals surface area contributed by atoms with Crippen molar-refractivity contribution in [1.82, 2.24) is 20.3 Å². The van der Waals surface area contributed by atoms with Crippen LogP contribution in [0, 0.1) is 0 Å². The Hall–Kier alpha value is -2.41. The third kappa shape index (κ3) is 2.35. The highest BCUT2D eigenvalue weighted by molar-refractivity contribution is 5.73. The fourth-order valence-electron chi connectivity index (χ4n) is 2.30. The molecule has 0 unspecified atom stereocenters. The van der Waals surface area contributed by atoms with E-state index in [9.17, 15) is 4.79 Å². The van der Waals surface area contributed by atoms with Gasteiger partial charge in [-0.25, -0.2) is 0 Å². The van der Waals surface area contributed by atoms with Crippen LogP contribution >= 0.6 is 0 Å². The summed E-state index contributed by atoms with van der Waals surface area (Å²) < 4.78 is 0. The molecule has 0 amide bonds. The molecule has 7 nitrogen and oxygen atoms in total. The summed E-state index contributed by atoms with van der Waals surface area (Å²) in [6, 6.07) is 3.49. The number of piperazine rings is 1. The van der Waals surface area contributed by atoms with Crippen LogP contribution in [0.4, 0.5) is 11.8 Å². The number of rotatable bonds is 2. The van der Waals surface area contributed by atoms with Gasteiger partial charge in [-0.2, -0.15) is 4.98 Å². The van der Waals surface area contributed by atoms with E-state index in [2.05, 4.69) is 20.3 Å². The molecule has 2 aromatic rings. The van der Waals surface area contributed by atoms with Crippen molar-refractivity contribution in [1.29, 1.82) is 0 Å². The quantitative estimate of drug-likeness (QED) is 0.701. The molecule has 1 aliphatic rings. The smallest absolute Gasteiger partial charge is 0.262 e. The van der Waals surface area contributed by atoms with Crippen LogP contribution in [0.25, 0.3) is 11.1 Å². The summed E-state index contributed by atoms with van der Waals surface area (Å²) in [6.45, 7) is 3.35. The second-order valence-corrected chi connectivity index (χ2v) is 4.62. The Bertz CT molecular complexity index is 648. The van der Waals surface area contributed by atoms with Gasteiger partial charge in [-0.05, 0) is 17.7 Å². The number of pyridine rings is 1. The van der Waals surface area contributed by atoms with Crippen molar-refractivity contribution in [2.75, 3.05) is 36.8 Å². The van der Waals surface area contributed by atoms with Gasteiger partial charge < -0.3 is 16.0 Å². The Labute approximate surface area is 115 Å². The average Bonchev–Trinajstić information content (AvgIpc) is 2.48. The number of aromatic amines is 1. The van der Waals surface area contributed by atoms with Crippen LogP contribution in [0.15, 0.2) is 29.3 Å². The van der Waals surface area contributed by atoms with Crippen LogP contribution in [0.2, 0.25) is 0 Å². The third-order valence-electron chi connectivity index (χ3n) is 3.32. The van der Waals surface area contributed by atoms with Gasteiger partial charge >= 0.3 is 0 Å². The number of nitrogens with two attached hydrogens (primary N) is 1. The van der Waals surface area contributed by atoms with E-state index in [0.29, 0.717) is 11.5 Å². The van der Waals surface area contributed by atoms with Gasteiger partial charge in [0.1, 0.15) is 5.82 Å². The molecule has 2 aromatic heterocycles. The molecule has 0 aliphatic carbocycles. The van der Waals surface area contributed by atoms with Crippen LogP contribution in [0.5, 0.6) is 0 Å². The van der Waals surface area contributed by atoms with E-state index < -0.39 is 0 Å². The number of H-pyrrole nitrogens is 1. The van der Waals surface area contributed by atoms with E-state index >= 15 is 0 Å². The summed E-state index contributed by atoms with van der Waals surface area (Å²) in [5.74, 6) is 0.778. The first-order chi connectivity index (χ1) is 9.75. The zero-order valence-electron chi connectivity index (χ0n) is 11.0. The van der Waals surface area contributed by atoms with Crippen molar-refractivity contribution < 1.29 is 0 Å². The first-order valence-corrected chi connectivity index (χ1v) is 6.51. The van der Waals surface area contributed by atoms with E-state index in [4.69, 9.17) is 5.73 Å². The van der Waals surface area contributed by atoms with Crippen molar-refractivity contribution in [3.8, 4) is 11.1 Å². The number of hydrogen-bond donors (Lipinski definition) is 3. The highest BCUT2D eigenvalue weighted by Crippen LogP contribution is 2.21. The van der Waals surface area contributed by atoms with Gasteiger partial charge in [-0.1, -0.05) is 0 Å². The Balaban J connectivity index is 2.01. The molecule has 7 heteroatoms. The normalized spacial score (nSPS) is 15.3. The molecule has 3 heterocycles. The predicted molar refractivity (Wildman–Crippen MR) is 77.6 cm³/mol. The van der Waals surface area contributed by atoms with Gasteiger partial charge in [0.05, 0.1) is 5.56 Å².